The van der Waals surface area contributed by atoms with E-state index in [1.165, 1.54) is 39.8 Å². The van der Waals surface area contributed by atoms with E-state index < -0.39 is 29.7 Å². The molecular weight excluding hydrogens is 503 g/mol. The molecule has 0 saturated heterocycles. The van der Waals surface area contributed by atoms with Gasteiger partial charge in [-0.2, -0.15) is 0 Å². The zero-order valence-electron chi connectivity index (χ0n) is 21.8. The van der Waals surface area contributed by atoms with Crippen molar-refractivity contribution in [3.63, 3.8) is 0 Å². The molecule has 0 saturated carbocycles. The van der Waals surface area contributed by atoms with Gasteiger partial charge in [0.2, 0.25) is 0 Å². The van der Waals surface area contributed by atoms with E-state index in [1.807, 2.05) is 12.3 Å². The number of rotatable bonds is 6. The minimum atomic E-state index is -1.58. The summed E-state index contributed by atoms with van der Waals surface area (Å²) in [6.07, 6.45) is 2.56. The van der Waals surface area contributed by atoms with Crippen LogP contribution in [0.1, 0.15) is 27.2 Å². The number of halogens is 1. The number of hydrogen-bond acceptors (Lipinski definition) is 4. The first-order valence-electron chi connectivity index (χ1n) is 12.3. The number of fused-ring (bicyclic) bond motifs is 1. The number of nitrogens with one attached hydrogen (secondary N) is 2. The fourth-order valence-corrected chi connectivity index (χ4v) is 4.65. The molecule has 3 aromatic rings. The summed E-state index contributed by atoms with van der Waals surface area (Å²) < 4.78 is 15.0. The van der Waals surface area contributed by atoms with Gasteiger partial charge in [0.15, 0.2) is 6.04 Å². The quantitative estimate of drug-likeness (QED) is 0.292. The highest BCUT2D eigenvalue weighted by atomic mass is 32.2. The van der Waals surface area contributed by atoms with Crippen LogP contribution in [-0.4, -0.2) is 36.7 Å². The van der Waals surface area contributed by atoms with E-state index in [4.69, 9.17) is 0 Å². The van der Waals surface area contributed by atoms with E-state index in [9.17, 15) is 14.4 Å². The highest BCUT2D eigenvalue weighted by molar-refractivity contribution is 7.98. The lowest BCUT2D eigenvalue weighted by Gasteiger charge is -2.28. The third-order valence-corrected chi connectivity index (χ3v) is 6.90. The predicted molar refractivity (Wildman–Crippen MR) is 151 cm³/mol. The van der Waals surface area contributed by atoms with Gasteiger partial charge in [-0.05, 0) is 60.6 Å². The van der Waals surface area contributed by atoms with Gasteiger partial charge in [0.1, 0.15) is 5.82 Å². The molecule has 4 rings (SSSR count). The van der Waals surface area contributed by atoms with E-state index in [0.29, 0.717) is 30.0 Å². The highest BCUT2D eigenvalue weighted by Gasteiger charge is 2.42. The Hall–Kier alpha value is -3.85. The van der Waals surface area contributed by atoms with Crippen LogP contribution in [0.5, 0.6) is 0 Å². The molecule has 7 nitrogen and oxygen atoms in total. The molecule has 0 aromatic heterocycles. The van der Waals surface area contributed by atoms with Crippen LogP contribution in [0.3, 0.4) is 0 Å². The van der Waals surface area contributed by atoms with Crippen LogP contribution < -0.4 is 20.4 Å². The van der Waals surface area contributed by atoms with Crippen molar-refractivity contribution < 1.29 is 18.8 Å². The largest absolute Gasteiger partial charge is 0.320 e. The minimum absolute atomic E-state index is 0.00435. The molecule has 38 heavy (non-hydrogen) atoms. The molecule has 4 amide bonds. The Labute approximate surface area is 226 Å². The molecule has 1 aliphatic heterocycles. The summed E-state index contributed by atoms with van der Waals surface area (Å²) in [4.78, 5) is 44.6. The van der Waals surface area contributed by atoms with Gasteiger partial charge < -0.3 is 15.5 Å². The molecule has 1 unspecified atom stereocenters. The lowest BCUT2D eigenvalue weighted by molar-refractivity contribution is -0.128. The molecule has 0 fully saturated rings. The van der Waals surface area contributed by atoms with Crippen molar-refractivity contribution in [3.05, 3.63) is 78.6 Å². The summed E-state index contributed by atoms with van der Waals surface area (Å²) in [5.41, 5.74) is 1.24. The van der Waals surface area contributed by atoms with Gasteiger partial charge in [0.05, 0.1) is 17.1 Å². The van der Waals surface area contributed by atoms with Crippen molar-refractivity contribution in [2.45, 2.75) is 38.1 Å². The van der Waals surface area contributed by atoms with Crippen LogP contribution >= 0.6 is 11.8 Å². The second-order valence-corrected chi connectivity index (χ2v) is 11.1. The average molecular weight is 535 g/mol. The Bertz CT molecular complexity index is 1360. The van der Waals surface area contributed by atoms with Crippen LogP contribution in [0.15, 0.2) is 77.7 Å². The second kappa shape index (κ2) is 11.3. The van der Waals surface area contributed by atoms with Crippen LogP contribution in [-0.2, 0) is 9.59 Å². The van der Waals surface area contributed by atoms with E-state index in [0.717, 1.165) is 4.90 Å². The Morgan fingerprint density at radius 1 is 0.921 bits per heavy atom. The number of thioether (sulfide) groups is 1. The summed E-state index contributed by atoms with van der Waals surface area (Å²) in [7, 11) is 0. The Kier molecular flexibility index (Phi) is 8.06. The number of carbonyl (C=O) groups excluding carboxylic acids is 3. The summed E-state index contributed by atoms with van der Waals surface area (Å²) in [5.74, 6) is -1.96. The number of benzene rings is 3. The number of anilines is 4. The molecule has 2 N–H and O–H groups in total. The molecule has 0 spiro atoms. The van der Waals surface area contributed by atoms with Gasteiger partial charge in [-0.15, -0.1) is 11.8 Å². The standard InChI is InChI=1S/C29H31FN4O3S/c1-29(2,3)16-17-33-23-14-7-8-15-24(23)34(22-13-6-5-12-21(22)30)27(36)25(26(33)35)32-28(37)31-19-10-9-11-20(18-19)38-4/h5-15,18,25H,16-17H2,1-4H3,(H2,31,32,37). The van der Waals surface area contributed by atoms with Gasteiger partial charge in [0, 0.05) is 17.1 Å². The van der Waals surface area contributed by atoms with Crippen molar-refractivity contribution in [2.75, 3.05) is 27.9 Å². The maximum atomic E-state index is 15.0. The van der Waals surface area contributed by atoms with Gasteiger partial charge in [0.25, 0.3) is 11.8 Å². The maximum Gasteiger partial charge on any atom is 0.320 e. The molecule has 9 heteroatoms. The molecule has 198 valence electrons. The SMILES string of the molecule is CSc1cccc(NC(=O)NC2C(=O)N(CCC(C)(C)C)c3ccccc3N(c3ccccc3F)C2=O)c1. The van der Waals surface area contributed by atoms with E-state index in [2.05, 4.69) is 31.4 Å². The third-order valence-electron chi connectivity index (χ3n) is 6.18. The monoisotopic (exact) mass is 534 g/mol. The lowest BCUT2D eigenvalue weighted by atomic mass is 9.92. The third kappa shape index (κ3) is 5.99. The molecule has 1 heterocycles. The first kappa shape index (κ1) is 27.2. The van der Waals surface area contributed by atoms with Crippen molar-refractivity contribution in [1.82, 2.24) is 5.32 Å². The Morgan fingerprint density at radius 2 is 1.58 bits per heavy atom. The maximum absolute atomic E-state index is 15.0. The second-order valence-electron chi connectivity index (χ2n) is 10.2. The molecule has 0 bridgehead atoms. The molecule has 3 aromatic carbocycles. The Morgan fingerprint density at radius 3 is 2.24 bits per heavy atom. The zero-order valence-corrected chi connectivity index (χ0v) is 22.6. The minimum Gasteiger partial charge on any atom is -0.318 e. The van der Waals surface area contributed by atoms with E-state index >= 15 is 4.39 Å². The normalized spacial score (nSPS) is 15.7. The topological polar surface area (TPSA) is 81.8 Å². The van der Waals surface area contributed by atoms with Gasteiger partial charge in [-0.1, -0.05) is 51.1 Å². The van der Waals surface area contributed by atoms with E-state index in [-0.39, 0.29) is 11.1 Å². The molecular formula is C29H31FN4O3S. The van der Waals surface area contributed by atoms with Gasteiger partial charge in [-0.3, -0.25) is 14.5 Å². The molecule has 0 aliphatic carbocycles. The summed E-state index contributed by atoms with van der Waals surface area (Å²) >= 11 is 1.52. The summed E-state index contributed by atoms with van der Waals surface area (Å²) in [6.45, 7) is 6.49. The lowest BCUT2D eigenvalue weighted by Crippen LogP contribution is -2.56. The fraction of sp³-hybridized carbons (Fsp3) is 0.276. The van der Waals surface area contributed by atoms with Crippen molar-refractivity contribution >= 4 is 52.4 Å². The number of amides is 4. The molecule has 1 atom stereocenters. The molecule has 1 aliphatic rings. The van der Waals surface area contributed by atoms with Crippen LogP contribution in [0.4, 0.5) is 31.9 Å². The smallest absolute Gasteiger partial charge is 0.318 e. The number of nitrogens with zero attached hydrogens (tertiary/aromatic N) is 2. The van der Waals surface area contributed by atoms with Crippen LogP contribution in [0, 0.1) is 11.2 Å². The first-order chi connectivity index (χ1) is 18.1. The fourth-order valence-electron chi connectivity index (χ4n) is 4.19. The Balaban J connectivity index is 1.76. The van der Waals surface area contributed by atoms with Crippen LogP contribution in [0.25, 0.3) is 0 Å². The predicted octanol–water partition coefficient (Wildman–Crippen LogP) is 6.19. The number of carbonyl (C=O) groups is 3. The average Bonchev–Trinajstić information content (AvgIpc) is 2.96. The summed E-state index contributed by atoms with van der Waals surface area (Å²) in [5, 5.41) is 5.27. The van der Waals surface area contributed by atoms with Crippen molar-refractivity contribution in [2.24, 2.45) is 5.41 Å². The number of urea groups is 1. The number of para-hydroxylation sites is 3. The molecule has 0 radical (unpaired) electrons. The number of hydrogen-bond donors (Lipinski definition) is 2. The van der Waals surface area contributed by atoms with Crippen molar-refractivity contribution in [3.8, 4) is 0 Å². The van der Waals surface area contributed by atoms with E-state index in [1.54, 1.807) is 48.5 Å². The first-order valence-corrected chi connectivity index (χ1v) is 13.5. The zero-order chi connectivity index (χ0) is 27.4. The summed E-state index contributed by atoms with van der Waals surface area (Å²) in [6, 6.07) is 17.7. The van der Waals surface area contributed by atoms with Gasteiger partial charge >= 0.3 is 6.03 Å². The van der Waals surface area contributed by atoms with Crippen LogP contribution in [0.2, 0.25) is 0 Å². The highest BCUT2D eigenvalue weighted by Crippen LogP contribution is 2.39. The van der Waals surface area contributed by atoms with Gasteiger partial charge in [-0.25, -0.2) is 9.18 Å². The van der Waals surface area contributed by atoms with Crippen molar-refractivity contribution in [1.29, 1.82) is 0 Å².